The summed E-state index contributed by atoms with van der Waals surface area (Å²) in [6.07, 6.45) is 5.64. The lowest BCUT2D eigenvalue weighted by atomic mass is 9.95. The summed E-state index contributed by atoms with van der Waals surface area (Å²) >= 11 is 0.785. The van der Waals surface area contributed by atoms with E-state index in [0.717, 1.165) is 49.2 Å². The van der Waals surface area contributed by atoms with Crippen LogP contribution < -0.4 is 21.7 Å². The van der Waals surface area contributed by atoms with Gasteiger partial charge in [0, 0.05) is 11.7 Å². The molecule has 9 nitrogen and oxygen atoms in total. The highest BCUT2D eigenvalue weighted by atomic mass is 32.1. The number of amides is 3. The number of nitrogens with one attached hydrogen (secondary N) is 1. The number of primary amides is 1. The zero-order valence-corrected chi connectivity index (χ0v) is 21.3. The van der Waals surface area contributed by atoms with Crippen molar-refractivity contribution in [3.63, 3.8) is 0 Å². The fourth-order valence-corrected chi connectivity index (χ4v) is 5.39. The van der Waals surface area contributed by atoms with Crippen LogP contribution in [0.2, 0.25) is 0 Å². The molecule has 1 unspecified atom stereocenters. The van der Waals surface area contributed by atoms with E-state index >= 15 is 0 Å². The molecule has 0 spiro atoms. The van der Waals surface area contributed by atoms with Crippen LogP contribution in [0.1, 0.15) is 82.3 Å². The maximum absolute atomic E-state index is 14.1. The number of para-hydroxylation sites is 1. The molecule has 0 radical (unpaired) electrons. The largest absolute Gasteiger partial charge is 0.464 e. The average Bonchev–Trinajstić information content (AvgIpc) is 3.47. The Morgan fingerprint density at radius 3 is 2.50 bits per heavy atom. The number of nitrogens with zero attached hydrogens (tertiary/aromatic N) is 2. The molecule has 4 rings (SSSR count). The molecule has 5 N–H and O–H groups in total. The molecule has 3 amide bonds. The van der Waals surface area contributed by atoms with Crippen LogP contribution in [0.15, 0.2) is 40.8 Å². The summed E-state index contributed by atoms with van der Waals surface area (Å²) in [4.78, 5) is 41.2. The van der Waals surface area contributed by atoms with Gasteiger partial charge in [-0.25, -0.2) is 0 Å². The summed E-state index contributed by atoms with van der Waals surface area (Å²) < 4.78 is 9.92. The lowest BCUT2D eigenvalue weighted by Crippen LogP contribution is -2.47. The maximum Gasteiger partial charge on any atom is 0.273 e. The Balaban J connectivity index is 1.85. The van der Waals surface area contributed by atoms with Crippen molar-refractivity contribution in [1.29, 1.82) is 0 Å². The van der Waals surface area contributed by atoms with E-state index in [1.165, 1.54) is 4.90 Å². The Labute approximate surface area is 214 Å². The van der Waals surface area contributed by atoms with Gasteiger partial charge in [0.15, 0.2) is 11.7 Å². The van der Waals surface area contributed by atoms with E-state index < -0.39 is 17.9 Å². The zero-order valence-electron chi connectivity index (χ0n) is 20.5. The highest BCUT2D eigenvalue weighted by molar-refractivity contribution is 7.09. The molecular weight excluding hydrogens is 478 g/mol. The van der Waals surface area contributed by atoms with E-state index in [-0.39, 0.29) is 28.2 Å². The van der Waals surface area contributed by atoms with Crippen molar-refractivity contribution in [3.05, 3.63) is 64.1 Å². The van der Waals surface area contributed by atoms with Gasteiger partial charge in [-0.3, -0.25) is 19.3 Å². The first-order valence-corrected chi connectivity index (χ1v) is 12.9. The maximum atomic E-state index is 14.1. The number of aromatic nitrogens is 1. The summed E-state index contributed by atoms with van der Waals surface area (Å²) in [6.45, 7) is 3.76. The first kappa shape index (κ1) is 25.4. The van der Waals surface area contributed by atoms with Crippen LogP contribution in [0.25, 0.3) is 0 Å². The number of hydrogen-bond donors (Lipinski definition) is 3. The Hall–Kier alpha value is -3.66. The molecule has 1 fully saturated rings. The predicted octanol–water partition coefficient (Wildman–Crippen LogP) is 4.13. The van der Waals surface area contributed by atoms with E-state index in [2.05, 4.69) is 9.69 Å². The third kappa shape index (κ3) is 5.13. The fourth-order valence-electron chi connectivity index (χ4n) is 4.65. The van der Waals surface area contributed by atoms with Gasteiger partial charge >= 0.3 is 0 Å². The van der Waals surface area contributed by atoms with Crippen LogP contribution in [-0.4, -0.2) is 28.1 Å². The summed E-state index contributed by atoms with van der Waals surface area (Å²) in [6, 6.07) is 9.78. The number of nitrogens with two attached hydrogens (primary N) is 2. The van der Waals surface area contributed by atoms with E-state index in [4.69, 9.17) is 15.9 Å². The zero-order chi connectivity index (χ0) is 25.8. The van der Waals surface area contributed by atoms with Crippen LogP contribution >= 0.6 is 11.5 Å². The van der Waals surface area contributed by atoms with Crippen LogP contribution in [0.3, 0.4) is 0 Å². The number of aryl methyl sites for hydroxylation is 2. The monoisotopic (exact) mass is 509 g/mol. The second kappa shape index (κ2) is 10.9. The minimum Gasteiger partial charge on any atom is -0.464 e. The minimum absolute atomic E-state index is 0.0260. The molecule has 10 heteroatoms. The van der Waals surface area contributed by atoms with Crippen molar-refractivity contribution in [2.75, 3.05) is 10.6 Å². The van der Waals surface area contributed by atoms with Gasteiger partial charge in [-0.05, 0) is 61.5 Å². The summed E-state index contributed by atoms with van der Waals surface area (Å²) in [7, 11) is 0. The smallest absolute Gasteiger partial charge is 0.273 e. The van der Waals surface area contributed by atoms with Crippen molar-refractivity contribution >= 4 is 40.6 Å². The lowest BCUT2D eigenvalue weighted by molar-refractivity contribution is -0.123. The summed E-state index contributed by atoms with van der Waals surface area (Å²) in [5.74, 6) is -0.773. The second-order valence-electron chi connectivity index (χ2n) is 8.99. The molecule has 2 aromatic heterocycles. The van der Waals surface area contributed by atoms with Crippen molar-refractivity contribution < 1.29 is 18.8 Å². The molecule has 1 aliphatic carbocycles. The number of carbonyl (C=O) groups excluding carboxylic acids is 3. The quantitative estimate of drug-likeness (QED) is 0.416. The van der Waals surface area contributed by atoms with Gasteiger partial charge in [-0.1, -0.05) is 44.4 Å². The Morgan fingerprint density at radius 1 is 1.17 bits per heavy atom. The molecule has 1 saturated carbocycles. The first-order chi connectivity index (χ1) is 17.3. The molecule has 3 aromatic rings. The topological polar surface area (TPSA) is 145 Å². The van der Waals surface area contributed by atoms with Crippen molar-refractivity contribution in [2.24, 2.45) is 5.73 Å². The van der Waals surface area contributed by atoms with Gasteiger partial charge in [-0.2, -0.15) is 4.37 Å². The van der Waals surface area contributed by atoms with Crippen LogP contribution in [0, 0.1) is 6.92 Å². The first-order valence-electron chi connectivity index (χ1n) is 12.1. The molecule has 0 saturated heterocycles. The average molecular weight is 510 g/mol. The van der Waals surface area contributed by atoms with E-state index in [1.54, 1.807) is 25.1 Å². The summed E-state index contributed by atoms with van der Waals surface area (Å²) in [5, 5.41) is 3.15. The molecule has 1 aliphatic rings. The van der Waals surface area contributed by atoms with E-state index in [1.807, 2.05) is 25.1 Å². The Kier molecular flexibility index (Phi) is 7.73. The standard InChI is InChI=1S/C26H31N5O4S/c1-3-16-9-7-8-12-18(16)31(26(34)23-20(27)21(24(28)32)30-36-23)22(19-14-13-15(2)35-19)25(33)29-17-10-5-4-6-11-17/h7-9,12-14,17,22H,3-6,10-11,27H2,1-2H3,(H2,28,32)(H,29,33). The van der Waals surface area contributed by atoms with Crippen molar-refractivity contribution in [2.45, 2.75) is 64.5 Å². The number of furan rings is 1. The van der Waals surface area contributed by atoms with Gasteiger partial charge in [0.25, 0.3) is 17.7 Å². The fraction of sp³-hybridized carbons (Fsp3) is 0.385. The Morgan fingerprint density at radius 2 is 1.89 bits per heavy atom. The van der Waals surface area contributed by atoms with Crippen molar-refractivity contribution in [3.8, 4) is 0 Å². The summed E-state index contributed by atoms with van der Waals surface area (Å²) in [5.41, 5.74) is 12.7. The molecule has 0 aliphatic heterocycles. The molecule has 1 atom stereocenters. The van der Waals surface area contributed by atoms with Gasteiger partial charge in [0.1, 0.15) is 16.4 Å². The van der Waals surface area contributed by atoms with Crippen molar-refractivity contribution in [1.82, 2.24) is 9.69 Å². The van der Waals surface area contributed by atoms with Crippen LogP contribution in [0.5, 0.6) is 0 Å². The van der Waals surface area contributed by atoms with Gasteiger partial charge in [0.2, 0.25) is 0 Å². The Bertz CT molecular complexity index is 1260. The number of nitrogen functional groups attached to an aromatic ring is 1. The number of anilines is 2. The van der Waals surface area contributed by atoms with E-state index in [9.17, 15) is 14.4 Å². The predicted molar refractivity (Wildman–Crippen MR) is 139 cm³/mol. The minimum atomic E-state index is -1.10. The third-order valence-electron chi connectivity index (χ3n) is 6.50. The SMILES string of the molecule is CCc1ccccc1N(C(=O)c1snc(C(N)=O)c1N)C(C(=O)NC1CCCCC1)c1ccc(C)o1. The lowest BCUT2D eigenvalue weighted by Gasteiger charge is -2.33. The van der Waals surface area contributed by atoms with Gasteiger partial charge in [0.05, 0.1) is 5.69 Å². The number of rotatable bonds is 8. The number of benzene rings is 1. The molecule has 190 valence electrons. The number of hydrogen-bond acceptors (Lipinski definition) is 7. The highest BCUT2D eigenvalue weighted by Crippen LogP contribution is 2.36. The second-order valence-corrected chi connectivity index (χ2v) is 9.76. The molecule has 36 heavy (non-hydrogen) atoms. The van der Waals surface area contributed by atoms with Crippen LogP contribution in [-0.2, 0) is 11.2 Å². The van der Waals surface area contributed by atoms with Gasteiger partial charge < -0.3 is 21.2 Å². The highest BCUT2D eigenvalue weighted by Gasteiger charge is 2.39. The molecular formula is C26H31N5O4S. The van der Waals surface area contributed by atoms with Gasteiger partial charge in [-0.15, -0.1) is 0 Å². The van der Waals surface area contributed by atoms with Crippen LogP contribution in [0.4, 0.5) is 11.4 Å². The molecule has 2 heterocycles. The third-order valence-corrected chi connectivity index (χ3v) is 7.35. The normalized spacial score (nSPS) is 14.8. The number of carbonyl (C=O) groups is 3. The molecule has 1 aromatic carbocycles. The molecule has 0 bridgehead atoms. The van der Waals surface area contributed by atoms with E-state index in [0.29, 0.717) is 23.6 Å².